The molecule has 1 amide bonds. The highest BCUT2D eigenvalue weighted by Gasteiger charge is 2.45. The van der Waals surface area contributed by atoms with E-state index in [1.807, 2.05) is 30.0 Å². The lowest BCUT2D eigenvalue weighted by Gasteiger charge is -2.23. The van der Waals surface area contributed by atoms with Crippen LogP contribution in [0.5, 0.6) is 0 Å². The maximum Gasteiger partial charge on any atom is 0.309 e. The van der Waals surface area contributed by atoms with E-state index in [0.717, 1.165) is 36.0 Å². The molecule has 0 bridgehead atoms. The summed E-state index contributed by atoms with van der Waals surface area (Å²) in [5.74, 6) is 0.104. The molecule has 2 aromatic rings. The van der Waals surface area contributed by atoms with Crippen LogP contribution in [0.3, 0.4) is 0 Å². The molecule has 0 aliphatic heterocycles. The van der Waals surface area contributed by atoms with Gasteiger partial charge in [0.1, 0.15) is 0 Å². The molecule has 1 aromatic carbocycles. The van der Waals surface area contributed by atoms with Crippen molar-refractivity contribution in [3.05, 3.63) is 29.3 Å². The van der Waals surface area contributed by atoms with Crippen molar-refractivity contribution in [2.45, 2.75) is 33.1 Å². The van der Waals surface area contributed by atoms with Crippen LogP contribution >= 0.6 is 11.3 Å². The summed E-state index contributed by atoms with van der Waals surface area (Å²) in [7, 11) is 0. The van der Waals surface area contributed by atoms with Gasteiger partial charge in [0.2, 0.25) is 0 Å². The molecule has 0 unspecified atom stereocenters. The molecule has 0 spiro atoms. The molecule has 6 heteroatoms. The monoisotopic (exact) mass is 360 g/mol. The summed E-state index contributed by atoms with van der Waals surface area (Å²) in [6, 6.07) is 5.67. The summed E-state index contributed by atoms with van der Waals surface area (Å²) >= 11 is 1.54. The van der Waals surface area contributed by atoms with Crippen molar-refractivity contribution in [1.29, 1.82) is 0 Å². The predicted octanol–water partition coefficient (Wildman–Crippen LogP) is 3.74. The normalized spacial score (nSPS) is 19.0. The molecule has 1 saturated carbocycles. The number of hydrogen-bond acceptors (Lipinski definition) is 5. The third-order valence-corrected chi connectivity index (χ3v) is 5.41. The number of rotatable bonds is 8. The van der Waals surface area contributed by atoms with Gasteiger partial charge < -0.3 is 9.64 Å². The largest absolute Gasteiger partial charge is 0.466 e. The zero-order valence-corrected chi connectivity index (χ0v) is 15.6. The van der Waals surface area contributed by atoms with Crippen molar-refractivity contribution >= 4 is 33.4 Å². The van der Waals surface area contributed by atoms with E-state index in [2.05, 4.69) is 11.9 Å². The minimum absolute atomic E-state index is 0.0401. The van der Waals surface area contributed by atoms with Gasteiger partial charge in [0.05, 0.1) is 28.3 Å². The summed E-state index contributed by atoms with van der Waals surface area (Å²) < 4.78 is 6.12. The van der Waals surface area contributed by atoms with E-state index in [-0.39, 0.29) is 23.7 Å². The number of unbranched alkanes of at least 4 members (excludes halogenated alkanes) is 1. The van der Waals surface area contributed by atoms with Crippen LogP contribution in [0.4, 0.5) is 0 Å². The van der Waals surface area contributed by atoms with Gasteiger partial charge in [-0.2, -0.15) is 0 Å². The fourth-order valence-corrected chi connectivity index (χ4v) is 3.78. The lowest BCUT2D eigenvalue weighted by atomic mass is 10.1. The Morgan fingerprint density at radius 3 is 2.96 bits per heavy atom. The molecule has 5 nitrogen and oxygen atoms in total. The maximum absolute atomic E-state index is 13.0. The zero-order chi connectivity index (χ0) is 17.8. The second-order valence-corrected chi connectivity index (χ2v) is 7.38. The molecule has 3 rings (SSSR count). The van der Waals surface area contributed by atoms with Crippen LogP contribution in [0.2, 0.25) is 0 Å². The molecule has 1 fully saturated rings. The molecular weight excluding hydrogens is 336 g/mol. The predicted molar refractivity (Wildman–Crippen MR) is 98.7 cm³/mol. The first-order valence-corrected chi connectivity index (χ1v) is 9.81. The lowest BCUT2D eigenvalue weighted by molar-refractivity contribution is -0.145. The van der Waals surface area contributed by atoms with Crippen molar-refractivity contribution in [1.82, 2.24) is 9.88 Å². The molecule has 0 N–H and O–H groups in total. The van der Waals surface area contributed by atoms with Gasteiger partial charge in [-0.15, -0.1) is 11.3 Å². The van der Waals surface area contributed by atoms with Crippen LogP contribution in [0.1, 0.15) is 43.5 Å². The lowest BCUT2D eigenvalue weighted by Crippen LogP contribution is -2.34. The number of ether oxygens (including phenoxy) is 1. The molecule has 2 atom stereocenters. The Morgan fingerprint density at radius 1 is 1.36 bits per heavy atom. The van der Waals surface area contributed by atoms with Crippen LogP contribution in [-0.2, 0) is 9.53 Å². The van der Waals surface area contributed by atoms with Crippen molar-refractivity contribution in [3.63, 3.8) is 0 Å². The van der Waals surface area contributed by atoms with E-state index < -0.39 is 0 Å². The highest BCUT2D eigenvalue weighted by atomic mass is 32.1. The Morgan fingerprint density at radius 2 is 2.20 bits per heavy atom. The highest BCUT2D eigenvalue weighted by Crippen LogP contribution is 2.40. The molecule has 0 radical (unpaired) electrons. The third-order valence-electron chi connectivity index (χ3n) is 4.61. The van der Waals surface area contributed by atoms with E-state index >= 15 is 0 Å². The Labute approximate surface area is 152 Å². The second kappa shape index (κ2) is 7.95. The van der Waals surface area contributed by atoms with Gasteiger partial charge >= 0.3 is 5.97 Å². The van der Waals surface area contributed by atoms with Gasteiger partial charge in [0.25, 0.3) is 5.91 Å². The van der Waals surface area contributed by atoms with E-state index in [1.165, 1.54) is 0 Å². The first kappa shape index (κ1) is 17.9. The van der Waals surface area contributed by atoms with E-state index in [0.29, 0.717) is 18.7 Å². The Bertz CT molecular complexity index is 758. The standard InChI is InChI=1S/C19H24N2O3S/c1-3-5-8-21(11-14-9-15(14)19(23)24-4-2)18(22)13-6-7-16-17(10-13)25-12-20-16/h6-7,10,12,14-15H,3-5,8-9,11H2,1-2H3/t14-,15+/m0/s1. The van der Waals surface area contributed by atoms with Crippen LogP contribution in [0.25, 0.3) is 10.2 Å². The van der Waals surface area contributed by atoms with E-state index in [1.54, 1.807) is 16.8 Å². The van der Waals surface area contributed by atoms with E-state index in [9.17, 15) is 9.59 Å². The van der Waals surface area contributed by atoms with Crippen molar-refractivity contribution < 1.29 is 14.3 Å². The van der Waals surface area contributed by atoms with Gasteiger partial charge in [-0.05, 0) is 43.9 Å². The Balaban J connectivity index is 1.69. The van der Waals surface area contributed by atoms with Crippen LogP contribution in [0, 0.1) is 11.8 Å². The number of esters is 1. The summed E-state index contributed by atoms with van der Waals surface area (Å²) in [5.41, 5.74) is 3.41. The number of benzene rings is 1. The van der Waals surface area contributed by atoms with Crippen molar-refractivity contribution in [2.24, 2.45) is 11.8 Å². The summed E-state index contributed by atoms with van der Waals surface area (Å²) in [6.07, 6.45) is 2.82. The minimum atomic E-state index is -0.124. The average Bonchev–Trinajstić information content (AvgIpc) is 3.23. The fraction of sp³-hybridized carbons (Fsp3) is 0.526. The number of amides is 1. The number of hydrogen-bond donors (Lipinski definition) is 0. The highest BCUT2D eigenvalue weighted by molar-refractivity contribution is 7.16. The molecule has 0 saturated heterocycles. The molecule has 25 heavy (non-hydrogen) atoms. The topological polar surface area (TPSA) is 59.5 Å². The van der Waals surface area contributed by atoms with Gasteiger partial charge in [0.15, 0.2) is 0 Å². The number of aromatic nitrogens is 1. The second-order valence-electron chi connectivity index (χ2n) is 6.49. The fourth-order valence-electron chi connectivity index (χ4n) is 3.07. The number of thiazole rings is 1. The first-order valence-electron chi connectivity index (χ1n) is 8.93. The van der Waals surface area contributed by atoms with Gasteiger partial charge in [-0.3, -0.25) is 9.59 Å². The smallest absolute Gasteiger partial charge is 0.309 e. The van der Waals surface area contributed by atoms with E-state index in [4.69, 9.17) is 4.74 Å². The average molecular weight is 360 g/mol. The number of nitrogens with zero attached hydrogens (tertiary/aromatic N) is 2. The number of fused-ring (bicyclic) bond motifs is 1. The van der Waals surface area contributed by atoms with Crippen LogP contribution in [0.15, 0.2) is 23.7 Å². The van der Waals surface area contributed by atoms with Gasteiger partial charge in [-0.25, -0.2) is 4.98 Å². The van der Waals surface area contributed by atoms with Crippen LogP contribution in [-0.4, -0.2) is 41.5 Å². The maximum atomic E-state index is 13.0. The molecule has 134 valence electrons. The minimum Gasteiger partial charge on any atom is -0.466 e. The SMILES string of the molecule is CCCCN(C[C@@H]1C[C@H]1C(=O)OCC)C(=O)c1ccc2ncsc2c1. The van der Waals surface area contributed by atoms with Crippen LogP contribution < -0.4 is 0 Å². The third kappa shape index (κ3) is 4.18. The van der Waals surface area contributed by atoms with Crippen molar-refractivity contribution in [2.75, 3.05) is 19.7 Å². The molecule has 1 heterocycles. The summed E-state index contributed by atoms with van der Waals surface area (Å²) in [6.45, 7) is 5.70. The Kier molecular flexibility index (Phi) is 5.68. The molecule has 1 aliphatic rings. The number of carbonyl (C=O) groups is 2. The first-order chi connectivity index (χ1) is 12.1. The molecule has 1 aromatic heterocycles. The number of carbonyl (C=O) groups excluding carboxylic acids is 2. The Hall–Kier alpha value is -1.95. The van der Waals surface area contributed by atoms with Crippen molar-refractivity contribution in [3.8, 4) is 0 Å². The van der Waals surface area contributed by atoms with Gasteiger partial charge in [-0.1, -0.05) is 13.3 Å². The zero-order valence-electron chi connectivity index (χ0n) is 14.7. The molecule has 1 aliphatic carbocycles. The summed E-state index contributed by atoms with van der Waals surface area (Å²) in [5, 5.41) is 0. The van der Waals surface area contributed by atoms with Gasteiger partial charge in [0, 0.05) is 18.7 Å². The quantitative estimate of drug-likeness (QED) is 0.673. The molecular formula is C19H24N2O3S. The summed E-state index contributed by atoms with van der Waals surface area (Å²) in [4.78, 5) is 31.0.